The van der Waals surface area contributed by atoms with Crippen molar-refractivity contribution in [2.24, 2.45) is 0 Å². The molecule has 0 aromatic carbocycles. The van der Waals surface area contributed by atoms with E-state index in [-0.39, 0.29) is 5.60 Å². The summed E-state index contributed by atoms with van der Waals surface area (Å²) in [7, 11) is 3.78. The summed E-state index contributed by atoms with van der Waals surface area (Å²) in [6.45, 7) is 7.19. The molecule has 0 N–H and O–H groups in total. The fraction of sp³-hybridized carbons (Fsp3) is 0.909. The summed E-state index contributed by atoms with van der Waals surface area (Å²) in [5.41, 5.74) is -0.0688. The van der Waals surface area contributed by atoms with Gasteiger partial charge in [-0.25, -0.2) is 0 Å². The fourth-order valence-corrected chi connectivity index (χ4v) is 1.06. The molecule has 0 spiro atoms. The molecule has 0 aliphatic carbocycles. The Kier molecular flexibility index (Phi) is 5.75. The Labute approximate surface area is 87.7 Å². The zero-order chi connectivity index (χ0) is 11.2. The van der Waals surface area contributed by atoms with Gasteiger partial charge in [0.15, 0.2) is 0 Å². The van der Waals surface area contributed by atoms with E-state index in [9.17, 15) is 0 Å². The number of nitrogens with zero attached hydrogens (tertiary/aromatic N) is 2. The van der Waals surface area contributed by atoms with Crippen LogP contribution in [0.5, 0.6) is 0 Å². The van der Waals surface area contributed by atoms with E-state index >= 15 is 0 Å². The molecule has 0 bridgehead atoms. The van der Waals surface area contributed by atoms with Crippen molar-refractivity contribution < 1.29 is 4.74 Å². The molecule has 0 aliphatic rings. The predicted octanol–water partition coefficient (Wildman–Crippen LogP) is 2.04. The van der Waals surface area contributed by atoms with E-state index < -0.39 is 0 Å². The van der Waals surface area contributed by atoms with Crippen LogP contribution in [-0.4, -0.2) is 37.2 Å². The monoisotopic (exact) mass is 198 g/mol. The van der Waals surface area contributed by atoms with Gasteiger partial charge in [-0.15, -0.1) is 0 Å². The molecule has 82 valence electrons. The van der Waals surface area contributed by atoms with Crippen molar-refractivity contribution in [3.05, 3.63) is 0 Å². The minimum absolute atomic E-state index is 0.0688. The SMILES string of the molecule is COC(C)(C)CCN(C)C(C)CC#N. The van der Waals surface area contributed by atoms with Crippen molar-refractivity contribution in [1.29, 1.82) is 5.26 Å². The van der Waals surface area contributed by atoms with Crippen molar-refractivity contribution in [2.75, 3.05) is 20.7 Å². The summed E-state index contributed by atoms with van der Waals surface area (Å²) in [5.74, 6) is 0. The molecular formula is C11H22N2O. The van der Waals surface area contributed by atoms with Crippen LogP contribution in [0, 0.1) is 11.3 Å². The van der Waals surface area contributed by atoms with E-state index in [0.717, 1.165) is 13.0 Å². The molecule has 3 heteroatoms. The van der Waals surface area contributed by atoms with Crippen LogP contribution in [0.3, 0.4) is 0 Å². The van der Waals surface area contributed by atoms with Crippen LogP contribution in [0.1, 0.15) is 33.6 Å². The van der Waals surface area contributed by atoms with Gasteiger partial charge in [-0.3, -0.25) is 0 Å². The smallest absolute Gasteiger partial charge is 0.0638 e. The molecule has 3 nitrogen and oxygen atoms in total. The maximum absolute atomic E-state index is 8.56. The Morgan fingerprint density at radius 2 is 2.07 bits per heavy atom. The summed E-state index contributed by atoms with van der Waals surface area (Å²) in [5, 5.41) is 8.56. The fourth-order valence-electron chi connectivity index (χ4n) is 1.06. The normalized spacial score (nSPS) is 14.1. The van der Waals surface area contributed by atoms with Crippen LogP contribution in [-0.2, 0) is 4.74 Å². The summed E-state index contributed by atoms with van der Waals surface area (Å²) >= 11 is 0. The highest BCUT2D eigenvalue weighted by Gasteiger charge is 2.18. The summed E-state index contributed by atoms with van der Waals surface area (Å²) in [6, 6.07) is 2.51. The minimum atomic E-state index is -0.0688. The molecule has 0 rings (SSSR count). The third-order valence-electron chi connectivity index (χ3n) is 2.76. The van der Waals surface area contributed by atoms with E-state index in [1.807, 2.05) is 7.05 Å². The van der Waals surface area contributed by atoms with Crippen LogP contribution >= 0.6 is 0 Å². The number of rotatable bonds is 6. The summed E-state index contributed by atoms with van der Waals surface area (Å²) < 4.78 is 5.34. The Morgan fingerprint density at radius 3 is 2.50 bits per heavy atom. The molecule has 1 unspecified atom stereocenters. The van der Waals surface area contributed by atoms with Crippen LogP contribution in [0.4, 0.5) is 0 Å². The molecule has 0 heterocycles. The second-order valence-electron chi connectivity index (χ2n) is 4.41. The van der Waals surface area contributed by atoms with Crippen molar-refractivity contribution in [3.63, 3.8) is 0 Å². The molecule has 0 aromatic rings. The van der Waals surface area contributed by atoms with Gasteiger partial charge in [-0.1, -0.05) is 0 Å². The number of methoxy groups -OCH3 is 1. The third kappa shape index (κ3) is 5.21. The Morgan fingerprint density at radius 1 is 1.50 bits per heavy atom. The highest BCUT2D eigenvalue weighted by Crippen LogP contribution is 2.14. The number of ether oxygens (including phenoxy) is 1. The Balaban J connectivity index is 3.85. The second-order valence-corrected chi connectivity index (χ2v) is 4.41. The van der Waals surface area contributed by atoms with Crippen molar-refractivity contribution in [2.45, 2.75) is 45.3 Å². The summed E-state index contributed by atoms with van der Waals surface area (Å²) in [4.78, 5) is 2.20. The average molecular weight is 198 g/mol. The molecule has 1 atom stereocenters. The van der Waals surface area contributed by atoms with Gasteiger partial charge in [-0.05, 0) is 34.2 Å². The van der Waals surface area contributed by atoms with Crippen molar-refractivity contribution in [1.82, 2.24) is 4.90 Å². The largest absolute Gasteiger partial charge is 0.379 e. The van der Waals surface area contributed by atoms with Gasteiger partial charge in [0.25, 0.3) is 0 Å². The highest BCUT2D eigenvalue weighted by molar-refractivity contribution is 4.79. The van der Waals surface area contributed by atoms with Gasteiger partial charge in [0.2, 0.25) is 0 Å². The minimum Gasteiger partial charge on any atom is -0.379 e. The van der Waals surface area contributed by atoms with E-state index in [1.165, 1.54) is 0 Å². The average Bonchev–Trinajstić information content (AvgIpc) is 2.15. The molecule has 0 aromatic heterocycles. The van der Waals surface area contributed by atoms with Crippen LogP contribution < -0.4 is 0 Å². The molecule has 0 radical (unpaired) electrons. The first-order chi connectivity index (χ1) is 6.43. The van der Waals surface area contributed by atoms with E-state index in [0.29, 0.717) is 12.5 Å². The lowest BCUT2D eigenvalue weighted by molar-refractivity contribution is 0.00701. The van der Waals surface area contributed by atoms with Gasteiger partial charge in [0.1, 0.15) is 0 Å². The van der Waals surface area contributed by atoms with Gasteiger partial charge in [0.05, 0.1) is 18.1 Å². The predicted molar refractivity (Wildman–Crippen MR) is 58.0 cm³/mol. The number of hydrogen-bond acceptors (Lipinski definition) is 3. The molecular weight excluding hydrogens is 176 g/mol. The molecule has 14 heavy (non-hydrogen) atoms. The second kappa shape index (κ2) is 6.00. The van der Waals surface area contributed by atoms with Crippen molar-refractivity contribution in [3.8, 4) is 6.07 Å². The van der Waals surface area contributed by atoms with Gasteiger partial charge in [-0.2, -0.15) is 5.26 Å². The van der Waals surface area contributed by atoms with Crippen molar-refractivity contribution >= 4 is 0 Å². The standard InChI is InChI=1S/C11H22N2O/c1-10(6-8-12)13(4)9-7-11(2,3)14-5/h10H,6-7,9H2,1-5H3. The van der Waals surface area contributed by atoms with E-state index in [1.54, 1.807) is 7.11 Å². The van der Waals surface area contributed by atoms with Crippen LogP contribution in [0.25, 0.3) is 0 Å². The molecule has 0 saturated carbocycles. The zero-order valence-electron chi connectivity index (χ0n) is 10.0. The topological polar surface area (TPSA) is 36.3 Å². The Hall–Kier alpha value is -0.590. The van der Waals surface area contributed by atoms with Crippen LogP contribution in [0.15, 0.2) is 0 Å². The maximum Gasteiger partial charge on any atom is 0.0638 e. The molecule has 0 amide bonds. The number of nitriles is 1. The van der Waals surface area contributed by atoms with Crippen LogP contribution in [0.2, 0.25) is 0 Å². The maximum atomic E-state index is 8.56. The zero-order valence-corrected chi connectivity index (χ0v) is 10.0. The molecule has 0 saturated heterocycles. The lowest BCUT2D eigenvalue weighted by atomic mass is 10.0. The first kappa shape index (κ1) is 13.4. The summed E-state index contributed by atoms with van der Waals surface area (Å²) in [6.07, 6.45) is 1.57. The lowest BCUT2D eigenvalue weighted by Crippen LogP contribution is -2.34. The van der Waals surface area contributed by atoms with E-state index in [4.69, 9.17) is 10.00 Å². The highest BCUT2D eigenvalue weighted by atomic mass is 16.5. The van der Waals surface area contributed by atoms with Gasteiger partial charge in [0, 0.05) is 19.7 Å². The third-order valence-corrected chi connectivity index (χ3v) is 2.76. The quantitative estimate of drug-likeness (QED) is 0.655. The first-order valence-electron chi connectivity index (χ1n) is 5.05. The number of hydrogen-bond donors (Lipinski definition) is 0. The van der Waals surface area contributed by atoms with E-state index in [2.05, 4.69) is 31.7 Å². The van der Waals surface area contributed by atoms with Gasteiger partial charge < -0.3 is 9.64 Å². The molecule has 0 fully saturated rings. The van der Waals surface area contributed by atoms with Gasteiger partial charge >= 0.3 is 0 Å². The first-order valence-corrected chi connectivity index (χ1v) is 5.05. The lowest BCUT2D eigenvalue weighted by Gasteiger charge is -2.28. The Bertz CT molecular complexity index is 196. The molecule has 0 aliphatic heterocycles.